The third-order valence-corrected chi connectivity index (χ3v) is 4.20. The average molecular weight is 313 g/mol. The SMILES string of the molecule is Cc1cccc(N2CCN(CCNC(=O)c3ccn[nH]3)CC2)c1. The second-order valence-corrected chi connectivity index (χ2v) is 5.89. The predicted molar refractivity (Wildman–Crippen MR) is 90.8 cm³/mol. The smallest absolute Gasteiger partial charge is 0.269 e. The molecule has 1 aliphatic heterocycles. The highest BCUT2D eigenvalue weighted by Gasteiger charge is 2.17. The van der Waals surface area contributed by atoms with Gasteiger partial charge < -0.3 is 10.2 Å². The van der Waals surface area contributed by atoms with Gasteiger partial charge in [0, 0.05) is 51.2 Å². The van der Waals surface area contributed by atoms with Crippen LogP contribution >= 0.6 is 0 Å². The van der Waals surface area contributed by atoms with E-state index in [1.807, 2.05) is 0 Å². The zero-order chi connectivity index (χ0) is 16.1. The fourth-order valence-corrected chi connectivity index (χ4v) is 2.86. The van der Waals surface area contributed by atoms with E-state index in [2.05, 4.69) is 56.5 Å². The summed E-state index contributed by atoms with van der Waals surface area (Å²) in [5, 5.41) is 9.37. The largest absolute Gasteiger partial charge is 0.369 e. The summed E-state index contributed by atoms with van der Waals surface area (Å²) in [6.07, 6.45) is 1.58. The molecule has 1 saturated heterocycles. The number of aromatic amines is 1. The summed E-state index contributed by atoms with van der Waals surface area (Å²) in [7, 11) is 0. The van der Waals surface area contributed by atoms with Gasteiger partial charge in [0.25, 0.3) is 5.91 Å². The minimum absolute atomic E-state index is 0.0964. The van der Waals surface area contributed by atoms with E-state index in [-0.39, 0.29) is 5.91 Å². The van der Waals surface area contributed by atoms with E-state index in [0.717, 1.165) is 32.7 Å². The van der Waals surface area contributed by atoms with Crippen LogP contribution in [-0.2, 0) is 0 Å². The summed E-state index contributed by atoms with van der Waals surface area (Å²) in [6, 6.07) is 10.3. The molecular weight excluding hydrogens is 290 g/mol. The lowest BCUT2D eigenvalue weighted by molar-refractivity contribution is 0.0943. The highest BCUT2D eigenvalue weighted by Crippen LogP contribution is 2.17. The maximum Gasteiger partial charge on any atom is 0.269 e. The topological polar surface area (TPSA) is 64.3 Å². The van der Waals surface area contributed by atoms with Crippen molar-refractivity contribution in [2.75, 3.05) is 44.2 Å². The third-order valence-electron chi connectivity index (χ3n) is 4.20. The fraction of sp³-hybridized carbons (Fsp3) is 0.412. The quantitative estimate of drug-likeness (QED) is 0.872. The second-order valence-electron chi connectivity index (χ2n) is 5.89. The van der Waals surface area contributed by atoms with Crippen molar-refractivity contribution in [2.45, 2.75) is 6.92 Å². The molecule has 6 heteroatoms. The molecule has 2 heterocycles. The lowest BCUT2D eigenvalue weighted by Gasteiger charge is -2.36. The number of amides is 1. The van der Waals surface area contributed by atoms with Gasteiger partial charge in [0.1, 0.15) is 5.69 Å². The number of rotatable bonds is 5. The first-order valence-electron chi connectivity index (χ1n) is 8.04. The number of benzene rings is 1. The zero-order valence-corrected chi connectivity index (χ0v) is 13.5. The third kappa shape index (κ3) is 4.10. The van der Waals surface area contributed by atoms with E-state index in [4.69, 9.17) is 0 Å². The Morgan fingerprint density at radius 1 is 1.26 bits per heavy atom. The Labute approximate surface area is 136 Å². The molecule has 1 aliphatic rings. The molecule has 122 valence electrons. The summed E-state index contributed by atoms with van der Waals surface area (Å²) in [5.74, 6) is -0.0964. The highest BCUT2D eigenvalue weighted by molar-refractivity contribution is 5.92. The van der Waals surface area contributed by atoms with Crippen LogP contribution < -0.4 is 10.2 Å². The van der Waals surface area contributed by atoms with Crippen molar-refractivity contribution in [1.82, 2.24) is 20.4 Å². The van der Waals surface area contributed by atoms with Gasteiger partial charge in [0.2, 0.25) is 0 Å². The molecule has 1 fully saturated rings. The van der Waals surface area contributed by atoms with Crippen molar-refractivity contribution < 1.29 is 4.79 Å². The molecule has 0 spiro atoms. The summed E-state index contributed by atoms with van der Waals surface area (Å²) in [5.41, 5.74) is 3.11. The Morgan fingerprint density at radius 2 is 2.09 bits per heavy atom. The van der Waals surface area contributed by atoms with Crippen molar-refractivity contribution >= 4 is 11.6 Å². The Kier molecular flexibility index (Phi) is 4.92. The molecule has 2 N–H and O–H groups in total. The maximum absolute atomic E-state index is 11.8. The number of nitrogens with zero attached hydrogens (tertiary/aromatic N) is 3. The van der Waals surface area contributed by atoms with Gasteiger partial charge in [-0.3, -0.25) is 14.8 Å². The van der Waals surface area contributed by atoms with Crippen LogP contribution in [0.5, 0.6) is 0 Å². The zero-order valence-electron chi connectivity index (χ0n) is 13.5. The second kappa shape index (κ2) is 7.28. The van der Waals surface area contributed by atoms with Crippen LogP contribution in [0, 0.1) is 6.92 Å². The summed E-state index contributed by atoms with van der Waals surface area (Å²) in [6.45, 7) is 7.75. The molecule has 0 unspecified atom stereocenters. The van der Waals surface area contributed by atoms with Crippen LogP contribution in [0.4, 0.5) is 5.69 Å². The molecular formula is C17H23N5O. The molecule has 3 rings (SSSR count). The number of hydrogen-bond donors (Lipinski definition) is 2. The number of nitrogens with one attached hydrogen (secondary N) is 2. The normalized spacial score (nSPS) is 15.6. The van der Waals surface area contributed by atoms with Gasteiger partial charge in [0.05, 0.1) is 0 Å². The van der Waals surface area contributed by atoms with Crippen LogP contribution in [0.25, 0.3) is 0 Å². The van der Waals surface area contributed by atoms with Gasteiger partial charge in [-0.2, -0.15) is 5.10 Å². The average Bonchev–Trinajstić information content (AvgIpc) is 3.10. The van der Waals surface area contributed by atoms with Crippen molar-refractivity contribution in [1.29, 1.82) is 0 Å². The standard InChI is InChI=1S/C17H23N5O/c1-14-3-2-4-15(13-14)22-11-9-21(10-12-22)8-7-18-17(23)16-5-6-19-20-16/h2-6,13H,7-12H2,1H3,(H,18,23)(H,19,20). The van der Waals surface area contributed by atoms with E-state index >= 15 is 0 Å². The molecule has 0 radical (unpaired) electrons. The van der Waals surface area contributed by atoms with Crippen molar-refractivity contribution in [2.24, 2.45) is 0 Å². The van der Waals surface area contributed by atoms with Gasteiger partial charge in [0.15, 0.2) is 0 Å². The minimum Gasteiger partial charge on any atom is -0.369 e. The van der Waals surface area contributed by atoms with Gasteiger partial charge in [-0.1, -0.05) is 12.1 Å². The minimum atomic E-state index is -0.0964. The Balaban J connectivity index is 1.40. The van der Waals surface area contributed by atoms with Gasteiger partial charge >= 0.3 is 0 Å². The van der Waals surface area contributed by atoms with Crippen LogP contribution in [0.3, 0.4) is 0 Å². The van der Waals surface area contributed by atoms with Gasteiger partial charge in [-0.05, 0) is 30.7 Å². The number of carbonyl (C=O) groups excluding carboxylic acids is 1. The summed E-state index contributed by atoms with van der Waals surface area (Å²) in [4.78, 5) is 16.6. The van der Waals surface area contributed by atoms with Crippen molar-refractivity contribution in [3.63, 3.8) is 0 Å². The maximum atomic E-state index is 11.8. The molecule has 1 amide bonds. The molecule has 23 heavy (non-hydrogen) atoms. The first kappa shape index (κ1) is 15.6. The monoisotopic (exact) mass is 313 g/mol. The Hall–Kier alpha value is -2.34. The molecule has 0 atom stereocenters. The lowest BCUT2D eigenvalue weighted by atomic mass is 10.2. The molecule has 1 aromatic carbocycles. The predicted octanol–water partition coefficient (Wildman–Crippen LogP) is 1.27. The summed E-state index contributed by atoms with van der Waals surface area (Å²) >= 11 is 0. The highest BCUT2D eigenvalue weighted by atomic mass is 16.1. The fourth-order valence-electron chi connectivity index (χ4n) is 2.86. The van der Waals surface area contributed by atoms with E-state index < -0.39 is 0 Å². The molecule has 0 aliphatic carbocycles. The van der Waals surface area contributed by atoms with Crippen LogP contribution in [0.2, 0.25) is 0 Å². The Bertz CT molecular complexity index is 632. The number of H-pyrrole nitrogens is 1. The van der Waals surface area contributed by atoms with Gasteiger partial charge in [-0.15, -0.1) is 0 Å². The molecule has 0 bridgehead atoms. The molecule has 0 saturated carbocycles. The molecule has 1 aromatic heterocycles. The number of aromatic nitrogens is 2. The van der Waals surface area contributed by atoms with E-state index in [1.54, 1.807) is 12.3 Å². The van der Waals surface area contributed by atoms with E-state index in [9.17, 15) is 4.79 Å². The lowest BCUT2D eigenvalue weighted by Crippen LogP contribution is -2.48. The van der Waals surface area contributed by atoms with Crippen LogP contribution in [0.1, 0.15) is 16.1 Å². The Morgan fingerprint density at radius 3 is 2.78 bits per heavy atom. The van der Waals surface area contributed by atoms with Gasteiger partial charge in [-0.25, -0.2) is 0 Å². The number of aryl methyl sites for hydroxylation is 1. The van der Waals surface area contributed by atoms with Crippen LogP contribution in [-0.4, -0.2) is 60.3 Å². The first-order chi connectivity index (χ1) is 11.2. The van der Waals surface area contributed by atoms with Crippen molar-refractivity contribution in [3.8, 4) is 0 Å². The number of anilines is 1. The summed E-state index contributed by atoms with van der Waals surface area (Å²) < 4.78 is 0. The molecule has 2 aromatic rings. The van der Waals surface area contributed by atoms with Crippen molar-refractivity contribution in [3.05, 3.63) is 47.8 Å². The first-order valence-corrected chi connectivity index (χ1v) is 8.04. The number of carbonyl (C=O) groups is 1. The van der Waals surface area contributed by atoms with Crippen LogP contribution in [0.15, 0.2) is 36.5 Å². The van der Waals surface area contributed by atoms with E-state index in [1.165, 1.54) is 11.3 Å². The molecule has 6 nitrogen and oxygen atoms in total. The van der Waals surface area contributed by atoms with E-state index in [0.29, 0.717) is 12.2 Å². The number of piperazine rings is 1. The number of hydrogen-bond acceptors (Lipinski definition) is 4.